The molecule has 1 atom stereocenters. The van der Waals surface area contributed by atoms with Crippen LogP contribution in [0.15, 0.2) is 18.2 Å². The minimum atomic E-state index is -0.494. The van der Waals surface area contributed by atoms with Gasteiger partial charge in [-0.1, -0.05) is 29.3 Å². The topological polar surface area (TPSA) is 46.3 Å². The largest absolute Gasteiger partial charge is 0.334 e. The molecule has 0 unspecified atom stereocenters. The van der Waals surface area contributed by atoms with Gasteiger partial charge in [-0.15, -0.1) is 0 Å². The molecule has 1 amide bonds. The Morgan fingerprint density at radius 3 is 2.44 bits per heavy atom. The van der Waals surface area contributed by atoms with Crippen LogP contribution in [0.2, 0.25) is 10.0 Å². The van der Waals surface area contributed by atoms with Crippen LogP contribution in [0.1, 0.15) is 25.3 Å². The quantitative estimate of drug-likeness (QED) is 0.925. The zero-order valence-corrected chi connectivity index (χ0v) is 11.7. The average molecular weight is 287 g/mol. The average Bonchev–Trinajstić information content (AvgIpc) is 3.12. The minimum absolute atomic E-state index is 0.0477. The standard InChI is InChI=1S/C13H16Cl2N2O/c1-8(16)13(18)17(9-5-6-9)7-10-11(14)3-2-4-12(10)15/h2-4,8-9H,5-7,16H2,1H3/t8-/m0/s1. The van der Waals surface area contributed by atoms with Gasteiger partial charge in [0.1, 0.15) is 0 Å². The number of hydrogen-bond donors (Lipinski definition) is 1. The number of carbonyl (C=O) groups is 1. The number of halogens is 2. The molecule has 1 aromatic rings. The van der Waals surface area contributed by atoms with Crippen molar-refractivity contribution in [2.24, 2.45) is 5.73 Å². The normalized spacial score (nSPS) is 16.4. The summed E-state index contributed by atoms with van der Waals surface area (Å²) in [5.74, 6) is -0.0477. The summed E-state index contributed by atoms with van der Waals surface area (Å²) in [7, 11) is 0. The highest BCUT2D eigenvalue weighted by atomic mass is 35.5. The lowest BCUT2D eigenvalue weighted by molar-refractivity contribution is -0.133. The fourth-order valence-electron chi connectivity index (χ4n) is 1.89. The Labute approximate surface area is 117 Å². The highest BCUT2D eigenvalue weighted by Gasteiger charge is 2.34. The van der Waals surface area contributed by atoms with Gasteiger partial charge < -0.3 is 10.6 Å². The Hall–Kier alpha value is -0.770. The number of rotatable bonds is 4. The SMILES string of the molecule is C[C@H](N)C(=O)N(Cc1c(Cl)cccc1Cl)C1CC1. The molecule has 1 aliphatic rings. The van der Waals surface area contributed by atoms with Gasteiger partial charge in [0.15, 0.2) is 0 Å². The lowest BCUT2D eigenvalue weighted by Gasteiger charge is -2.25. The number of nitrogens with zero attached hydrogens (tertiary/aromatic N) is 1. The number of nitrogens with two attached hydrogens (primary N) is 1. The van der Waals surface area contributed by atoms with Crippen molar-refractivity contribution in [2.75, 3.05) is 0 Å². The number of carbonyl (C=O) groups excluding carboxylic acids is 1. The maximum Gasteiger partial charge on any atom is 0.239 e. The van der Waals surface area contributed by atoms with Crippen LogP contribution in [0.3, 0.4) is 0 Å². The molecule has 0 bridgehead atoms. The van der Waals surface area contributed by atoms with Gasteiger partial charge in [-0.2, -0.15) is 0 Å². The molecule has 0 saturated heterocycles. The van der Waals surface area contributed by atoms with E-state index in [1.54, 1.807) is 30.0 Å². The highest BCUT2D eigenvalue weighted by Crippen LogP contribution is 2.32. The molecule has 0 aromatic heterocycles. The van der Waals surface area contributed by atoms with Crippen LogP contribution in [-0.2, 0) is 11.3 Å². The van der Waals surface area contributed by atoms with Crippen molar-refractivity contribution < 1.29 is 4.79 Å². The van der Waals surface area contributed by atoms with Gasteiger partial charge in [-0.25, -0.2) is 0 Å². The first-order valence-corrected chi connectivity index (χ1v) is 6.75. The zero-order valence-electron chi connectivity index (χ0n) is 10.2. The third-order valence-corrected chi connectivity index (χ3v) is 3.76. The van der Waals surface area contributed by atoms with Crippen molar-refractivity contribution in [1.82, 2.24) is 4.90 Å². The molecular weight excluding hydrogens is 271 g/mol. The van der Waals surface area contributed by atoms with Gasteiger partial charge in [-0.05, 0) is 31.9 Å². The van der Waals surface area contributed by atoms with Crippen molar-refractivity contribution in [3.8, 4) is 0 Å². The summed E-state index contributed by atoms with van der Waals surface area (Å²) in [5, 5.41) is 1.18. The van der Waals surface area contributed by atoms with Crippen LogP contribution in [0.5, 0.6) is 0 Å². The van der Waals surface area contributed by atoms with Crippen LogP contribution in [0.4, 0.5) is 0 Å². The summed E-state index contributed by atoms with van der Waals surface area (Å²) >= 11 is 12.3. The van der Waals surface area contributed by atoms with Crippen LogP contribution in [-0.4, -0.2) is 22.9 Å². The number of hydrogen-bond acceptors (Lipinski definition) is 2. The van der Waals surface area contributed by atoms with Crippen molar-refractivity contribution in [1.29, 1.82) is 0 Å². The van der Waals surface area contributed by atoms with E-state index in [0.29, 0.717) is 16.6 Å². The molecule has 5 heteroatoms. The first-order chi connectivity index (χ1) is 8.50. The Bertz CT molecular complexity index is 438. The molecule has 1 fully saturated rings. The second-order valence-electron chi connectivity index (χ2n) is 4.69. The van der Waals surface area contributed by atoms with Crippen LogP contribution >= 0.6 is 23.2 Å². The van der Waals surface area contributed by atoms with Gasteiger partial charge in [-0.3, -0.25) is 4.79 Å². The van der Waals surface area contributed by atoms with Crippen LogP contribution in [0.25, 0.3) is 0 Å². The molecule has 18 heavy (non-hydrogen) atoms. The van der Waals surface area contributed by atoms with Gasteiger partial charge in [0.2, 0.25) is 5.91 Å². The second kappa shape index (κ2) is 5.47. The van der Waals surface area contributed by atoms with Gasteiger partial charge in [0.25, 0.3) is 0 Å². The van der Waals surface area contributed by atoms with E-state index in [1.165, 1.54) is 0 Å². The van der Waals surface area contributed by atoms with E-state index in [-0.39, 0.29) is 11.9 Å². The van der Waals surface area contributed by atoms with Gasteiger partial charge in [0.05, 0.1) is 6.04 Å². The van der Waals surface area contributed by atoms with E-state index in [4.69, 9.17) is 28.9 Å². The molecule has 0 radical (unpaired) electrons. The summed E-state index contributed by atoms with van der Waals surface area (Å²) in [6, 6.07) is 5.15. The molecule has 0 aliphatic heterocycles. The fraction of sp³-hybridized carbons (Fsp3) is 0.462. The molecule has 1 aromatic carbocycles. The highest BCUT2D eigenvalue weighted by molar-refractivity contribution is 6.36. The molecule has 1 saturated carbocycles. The molecule has 98 valence electrons. The molecule has 0 spiro atoms. The maximum absolute atomic E-state index is 12.1. The van der Waals surface area contributed by atoms with E-state index in [0.717, 1.165) is 18.4 Å². The predicted molar refractivity (Wildman–Crippen MR) is 73.7 cm³/mol. The third-order valence-electron chi connectivity index (χ3n) is 3.05. The minimum Gasteiger partial charge on any atom is -0.334 e. The lowest BCUT2D eigenvalue weighted by atomic mass is 10.2. The molecule has 3 nitrogen and oxygen atoms in total. The predicted octanol–water partition coefficient (Wildman–Crippen LogP) is 2.83. The molecule has 0 heterocycles. The summed E-state index contributed by atoms with van der Waals surface area (Å²) in [6.07, 6.45) is 2.06. The maximum atomic E-state index is 12.1. The molecular formula is C13H16Cl2N2O. The molecule has 1 aliphatic carbocycles. The second-order valence-corrected chi connectivity index (χ2v) is 5.50. The smallest absolute Gasteiger partial charge is 0.239 e. The Kier molecular flexibility index (Phi) is 4.15. The van der Waals surface area contributed by atoms with Gasteiger partial charge in [0, 0.05) is 28.2 Å². The molecule has 2 rings (SSSR count). The zero-order chi connectivity index (χ0) is 13.3. The summed E-state index contributed by atoms with van der Waals surface area (Å²) in [4.78, 5) is 13.9. The van der Waals surface area contributed by atoms with Crippen molar-refractivity contribution >= 4 is 29.1 Å². The number of benzene rings is 1. The van der Waals surface area contributed by atoms with E-state index in [2.05, 4.69) is 0 Å². The van der Waals surface area contributed by atoms with E-state index < -0.39 is 6.04 Å². The number of amides is 1. The summed E-state index contributed by atoms with van der Waals surface area (Å²) in [6.45, 7) is 2.13. The van der Waals surface area contributed by atoms with E-state index in [9.17, 15) is 4.79 Å². The first kappa shape index (κ1) is 13.7. The first-order valence-electron chi connectivity index (χ1n) is 5.99. The summed E-state index contributed by atoms with van der Waals surface area (Å²) < 4.78 is 0. The Balaban J connectivity index is 2.21. The lowest BCUT2D eigenvalue weighted by Crippen LogP contribution is -2.43. The van der Waals surface area contributed by atoms with Crippen molar-refractivity contribution in [2.45, 2.75) is 38.4 Å². The van der Waals surface area contributed by atoms with Crippen LogP contribution in [0, 0.1) is 0 Å². The third kappa shape index (κ3) is 2.97. The Morgan fingerprint density at radius 2 is 2.00 bits per heavy atom. The van der Waals surface area contributed by atoms with Crippen molar-refractivity contribution in [3.63, 3.8) is 0 Å². The Morgan fingerprint density at radius 1 is 1.44 bits per heavy atom. The fourth-order valence-corrected chi connectivity index (χ4v) is 2.41. The van der Waals surface area contributed by atoms with Crippen LogP contribution < -0.4 is 5.73 Å². The molecule has 2 N–H and O–H groups in total. The monoisotopic (exact) mass is 286 g/mol. The van der Waals surface area contributed by atoms with Crippen molar-refractivity contribution in [3.05, 3.63) is 33.8 Å². The van der Waals surface area contributed by atoms with Gasteiger partial charge >= 0.3 is 0 Å². The van der Waals surface area contributed by atoms with E-state index in [1.807, 2.05) is 0 Å². The van der Waals surface area contributed by atoms with E-state index >= 15 is 0 Å². The summed E-state index contributed by atoms with van der Waals surface area (Å²) in [5.41, 5.74) is 6.47.